The van der Waals surface area contributed by atoms with Crippen molar-refractivity contribution in [1.82, 2.24) is 9.88 Å². The first kappa shape index (κ1) is 20.9. The molecule has 5 rings (SSSR count). The number of nitrogens with one attached hydrogen (secondary N) is 3. The molecule has 33 heavy (non-hydrogen) atoms. The number of urea groups is 1. The van der Waals surface area contributed by atoms with Crippen molar-refractivity contribution in [2.75, 3.05) is 36.0 Å². The molecular formula is C26H33N5O2. The van der Waals surface area contributed by atoms with Gasteiger partial charge in [0.15, 0.2) is 0 Å². The highest BCUT2D eigenvalue weighted by molar-refractivity contribution is 5.95. The Kier molecular flexibility index (Phi) is 5.87. The van der Waals surface area contributed by atoms with Gasteiger partial charge < -0.3 is 25.3 Å². The Morgan fingerprint density at radius 1 is 0.970 bits per heavy atom. The lowest BCUT2D eigenvalue weighted by molar-refractivity contribution is 0.172. The number of fused-ring (bicyclic) bond motifs is 2. The van der Waals surface area contributed by atoms with Crippen LogP contribution in [-0.2, 0) is 17.8 Å². The molecule has 0 radical (unpaired) electrons. The number of nitrogens with zero attached hydrogens (tertiary/aromatic N) is 2. The fourth-order valence-electron chi connectivity index (χ4n) is 4.09. The fourth-order valence-corrected chi connectivity index (χ4v) is 4.09. The number of anilines is 3. The molecular weight excluding hydrogens is 414 g/mol. The fraction of sp³-hybridized carbons (Fsp3) is 0.192. The minimum absolute atomic E-state index is 0. The van der Waals surface area contributed by atoms with Gasteiger partial charge in [0.2, 0.25) is 0 Å². The summed E-state index contributed by atoms with van der Waals surface area (Å²) in [6, 6.07) is 24.4. The van der Waals surface area contributed by atoms with E-state index in [1.807, 2.05) is 72.7 Å². The van der Waals surface area contributed by atoms with Crippen LogP contribution in [-0.4, -0.2) is 36.4 Å². The molecule has 4 aromatic rings. The van der Waals surface area contributed by atoms with E-state index < -0.39 is 0 Å². The van der Waals surface area contributed by atoms with Crippen LogP contribution in [0.2, 0.25) is 0 Å². The molecule has 1 aromatic heterocycles. The summed E-state index contributed by atoms with van der Waals surface area (Å²) in [5, 5.41) is 7.75. The van der Waals surface area contributed by atoms with Crippen LogP contribution in [0.15, 0.2) is 79.0 Å². The van der Waals surface area contributed by atoms with Crippen LogP contribution in [0.1, 0.15) is 15.4 Å². The smallest absolute Gasteiger partial charge is 0.324 e. The van der Waals surface area contributed by atoms with Crippen LogP contribution in [0, 0.1) is 0 Å². The Morgan fingerprint density at radius 3 is 2.55 bits per heavy atom. The van der Waals surface area contributed by atoms with E-state index in [-0.39, 0.29) is 10.3 Å². The maximum atomic E-state index is 12.9. The Labute approximate surface area is 197 Å². The number of hydrogen-bond donors (Lipinski definition) is 3. The van der Waals surface area contributed by atoms with Crippen LogP contribution in [0.3, 0.4) is 0 Å². The third kappa shape index (κ3) is 4.63. The van der Waals surface area contributed by atoms with Crippen LogP contribution < -0.4 is 15.5 Å². The molecule has 0 unspecified atom stereocenters. The largest absolute Gasteiger partial charge is 0.363 e. The van der Waals surface area contributed by atoms with E-state index in [2.05, 4.69) is 33.8 Å². The third-order valence-electron chi connectivity index (χ3n) is 5.84. The molecule has 3 aromatic carbocycles. The number of hydrogen-bond acceptors (Lipinski definition) is 4. The van der Waals surface area contributed by atoms with Crippen molar-refractivity contribution in [3.63, 3.8) is 0 Å². The Balaban J connectivity index is 0.00000152. The van der Waals surface area contributed by atoms with Crippen molar-refractivity contribution in [2.45, 2.75) is 13.1 Å². The van der Waals surface area contributed by atoms with E-state index in [9.17, 15) is 4.79 Å². The van der Waals surface area contributed by atoms with Gasteiger partial charge in [-0.2, -0.15) is 0 Å². The second-order valence-corrected chi connectivity index (χ2v) is 8.18. The molecule has 0 saturated carbocycles. The molecule has 2 amide bonds. The van der Waals surface area contributed by atoms with Gasteiger partial charge in [0.1, 0.15) is 13.5 Å². The number of rotatable bonds is 8. The number of carbonyl (C=O) groups excluding carboxylic acids is 1. The van der Waals surface area contributed by atoms with Crippen LogP contribution in [0.5, 0.6) is 0 Å². The summed E-state index contributed by atoms with van der Waals surface area (Å²) in [6.07, 6.45) is 1.93. The minimum Gasteiger partial charge on any atom is -0.363 e. The molecule has 7 heteroatoms. The number of H-pyrrole nitrogens is 1. The van der Waals surface area contributed by atoms with Crippen molar-refractivity contribution >= 4 is 34.0 Å². The molecule has 1 aliphatic rings. The van der Waals surface area contributed by atoms with Crippen molar-refractivity contribution in [3.05, 3.63) is 90.1 Å². The van der Waals surface area contributed by atoms with Crippen molar-refractivity contribution < 1.29 is 13.8 Å². The van der Waals surface area contributed by atoms with E-state index in [1.165, 1.54) is 5.39 Å². The lowest BCUT2D eigenvalue weighted by Crippen LogP contribution is -2.44. The topological polar surface area (TPSA) is 72.6 Å². The Morgan fingerprint density at radius 2 is 1.73 bits per heavy atom. The van der Waals surface area contributed by atoms with E-state index >= 15 is 0 Å². The first-order valence-electron chi connectivity index (χ1n) is 11.0. The van der Waals surface area contributed by atoms with Crippen molar-refractivity contribution in [2.24, 2.45) is 0 Å². The second-order valence-electron chi connectivity index (χ2n) is 8.18. The SMILES string of the molecule is CN1Cc2ccc(NCOCNc3ccc4cc[nH]c4c3)cc2N(Cc2ccccc2)C1=O.[HH].[HH].[HH]. The zero-order chi connectivity index (χ0) is 22.6. The van der Waals surface area contributed by atoms with Gasteiger partial charge in [0.05, 0.1) is 12.2 Å². The molecule has 0 saturated heterocycles. The van der Waals surface area contributed by atoms with E-state index in [1.54, 1.807) is 4.90 Å². The lowest BCUT2D eigenvalue weighted by Gasteiger charge is -2.35. The zero-order valence-electron chi connectivity index (χ0n) is 18.5. The van der Waals surface area contributed by atoms with E-state index in [0.29, 0.717) is 26.6 Å². The molecule has 0 fully saturated rings. The summed E-state index contributed by atoms with van der Waals surface area (Å²) >= 11 is 0. The number of benzene rings is 3. The first-order chi connectivity index (χ1) is 16.2. The van der Waals surface area contributed by atoms with Gasteiger partial charge in [0.25, 0.3) is 0 Å². The maximum absolute atomic E-state index is 12.9. The predicted molar refractivity (Wildman–Crippen MR) is 139 cm³/mol. The highest BCUT2D eigenvalue weighted by Crippen LogP contribution is 2.32. The average molecular weight is 448 g/mol. The first-order valence-corrected chi connectivity index (χ1v) is 11.0. The molecule has 3 N–H and O–H groups in total. The van der Waals surface area contributed by atoms with E-state index in [0.717, 1.165) is 33.7 Å². The van der Waals surface area contributed by atoms with Gasteiger partial charge in [-0.15, -0.1) is 0 Å². The average Bonchev–Trinajstić information content (AvgIpc) is 3.31. The molecule has 0 atom stereocenters. The highest BCUT2D eigenvalue weighted by atomic mass is 16.5. The van der Waals surface area contributed by atoms with Crippen LogP contribution in [0.25, 0.3) is 10.9 Å². The van der Waals surface area contributed by atoms with Crippen LogP contribution >= 0.6 is 0 Å². The highest BCUT2D eigenvalue weighted by Gasteiger charge is 2.28. The standard InChI is InChI=1S/C26H27N5O2.3H2/c1-30-16-21-8-10-23(14-25(21)31(26(30)32)15-19-5-3-2-4-6-19)29-18-33-17-28-22-9-7-20-11-12-27-24(20)13-22;;;/h2-14,27-29H,15-18H2,1H3;3*1H. The van der Waals surface area contributed by atoms with Gasteiger partial charge in [-0.05, 0) is 46.8 Å². The molecule has 174 valence electrons. The predicted octanol–water partition coefficient (Wildman–Crippen LogP) is 5.93. The molecule has 0 bridgehead atoms. The summed E-state index contributed by atoms with van der Waals surface area (Å²) in [7, 11) is 1.84. The van der Waals surface area contributed by atoms with Gasteiger partial charge in [-0.25, -0.2) is 4.79 Å². The van der Waals surface area contributed by atoms with Gasteiger partial charge in [-0.3, -0.25) is 4.90 Å². The number of ether oxygens (including phenoxy) is 1. The maximum Gasteiger partial charge on any atom is 0.324 e. The van der Waals surface area contributed by atoms with E-state index in [4.69, 9.17) is 4.74 Å². The lowest BCUT2D eigenvalue weighted by atomic mass is 10.1. The normalized spacial score (nSPS) is 13.3. The summed E-state index contributed by atoms with van der Waals surface area (Å²) in [5.74, 6) is 0. The van der Waals surface area contributed by atoms with Crippen LogP contribution in [0.4, 0.5) is 21.9 Å². The Bertz CT molecular complexity index is 1270. The number of amides is 2. The quantitative estimate of drug-likeness (QED) is 0.231. The number of carbonyl (C=O) groups is 1. The summed E-state index contributed by atoms with van der Waals surface area (Å²) in [6.45, 7) is 1.87. The Hall–Kier alpha value is -3.97. The molecule has 0 aliphatic carbocycles. The minimum atomic E-state index is 0. The molecule has 1 aliphatic heterocycles. The molecule has 7 nitrogen and oxygen atoms in total. The van der Waals surface area contributed by atoms with Gasteiger partial charge >= 0.3 is 6.03 Å². The number of aromatic amines is 1. The monoisotopic (exact) mass is 447 g/mol. The summed E-state index contributed by atoms with van der Waals surface area (Å²) < 4.78 is 5.72. The molecule has 0 spiro atoms. The van der Waals surface area contributed by atoms with Gasteiger partial charge in [0, 0.05) is 41.0 Å². The second kappa shape index (κ2) is 9.26. The third-order valence-corrected chi connectivity index (χ3v) is 5.84. The van der Waals surface area contributed by atoms with Crippen molar-refractivity contribution in [3.8, 4) is 0 Å². The summed E-state index contributed by atoms with van der Waals surface area (Å²) in [4.78, 5) is 19.7. The summed E-state index contributed by atoms with van der Waals surface area (Å²) in [5.41, 5.74) is 6.16. The molecule has 2 heterocycles. The van der Waals surface area contributed by atoms with Gasteiger partial charge in [-0.1, -0.05) is 42.5 Å². The van der Waals surface area contributed by atoms with Crippen molar-refractivity contribution in [1.29, 1.82) is 0 Å². The number of aromatic nitrogens is 1. The zero-order valence-corrected chi connectivity index (χ0v) is 18.5.